The van der Waals surface area contributed by atoms with E-state index >= 15 is 0 Å². The lowest BCUT2D eigenvalue weighted by Gasteiger charge is -2.50. The van der Waals surface area contributed by atoms with Crippen LogP contribution in [0.2, 0.25) is 0 Å². The summed E-state index contributed by atoms with van der Waals surface area (Å²) in [4.78, 5) is 0. The highest BCUT2D eigenvalue weighted by Crippen LogP contribution is 2.61. The minimum absolute atomic E-state index is 0.228. The number of aliphatic hydroxyl groups is 1. The molecule has 31 heavy (non-hydrogen) atoms. The Morgan fingerprint density at radius 2 is 1.90 bits per heavy atom. The van der Waals surface area contributed by atoms with Gasteiger partial charge in [0, 0.05) is 13.2 Å². The molecular formula is C28H36O3. The summed E-state index contributed by atoms with van der Waals surface area (Å²) in [5, 5.41) is 9.11. The molecule has 3 aliphatic carbocycles. The molecule has 0 aromatic heterocycles. The van der Waals surface area contributed by atoms with Gasteiger partial charge in [-0.25, -0.2) is 0 Å². The molecular weight excluding hydrogens is 384 g/mol. The van der Waals surface area contributed by atoms with Crippen molar-refractivity contribution in [2.45, 2.75) is 70.5 Å². The number of hydrogen-bond acceptors (Lipinski definition) is 3. The molecule has 2 saturated carbocycles. The number of aliphatic hydroxyl groups excluding tert-OH is 1. The van der Waals surface area contributed by atoms with Gasteiger partial charge in [0.1, 0.15) is 12.4 Å². The third-order valence-electron chi connectivity index (χ3n) is 8.48. The molecule has 3 aliphatic rings. The van der Waals surface area contributed by atoms with Gasteiger partial charge in [0.25, 0.3) is 0 Å². The number of ether oxygens (including phenoxy) is 2. The molecule has 2 fully saturated rings. The second-order valence-corrected chi connectivity index (χ2v) is 10.1. The second kappa shape index (κ2) is 8.96. The van der Waals surface area contributed by atoms with Gasteiger partial charge in [-0.1, -0.05) is 43.3 Å². The molecule has 166 valence electrons. The van der Waals surface area contributed by atoms with Crippen LogP contribution < -0.4 is 4.74 Å². The highest BCUT2D eigenvalue weighted by molar-refractivity contribution is 5.41. The minimum Gasteiger partial charge on any atom is -0.489 e. The molecule has 0 aliphatic heterocycles. The van der Waals surface area contributed by atoms with Crippen LogP contribution in [-0.2, 0) is 17.8 Å². The standard InChI is InChI=1S/C28H36O3/c1-28-15-14-24-23-11-9-22(31-19-20-6-3-2-4-7-20)18-21(23)8-10-25(24)26(28)12-13-27(28)30-17-5-16-29/h2-4,6-7,9,11,18,24-27,29H,5,8,10,12-17,19H2,1H3/t24?,25?,26?,27-,28-/m0/s1. The van der Waals surface area contributed by atoms with Gasteiger partial charge in [0.2, 0.25) is 0 Å². The molecule has 3 nitrogen and oxygen atoms in total. The number of rotatable bonds is 7. The molecule has 0 heterocycles. The number of benzene rings is 2. The number of hydrogen-bond donors (Lipinski definition) is 1. The van der Waals surface area contributed by atoms with E-state index in [1.165, 1.54) is 49.7 Å². The molecule has 5 atom stereocenters. The van der Waals surface area contributed by atoms with Gasteiger partial charge in [0.05, 0.1) is 6.10 Å². The van der Waals surface area contributed by atoms with E-state index in [1.807, 2.05) is 6.07 Å². The van der Waals surface area contributed by atoms with Crippen LogP contribution in [0.5, 0.6) is 5.75 Å². The Balaban J connectivity index is 1.28. The van der Waals surface area contributed by atoms with Crippen molar-refractivity contribution in [1.82, 2.24) is 0 Å². The average Bonchev–Trinajstić information content (AvgIpc) is 3.14. The molecule has 0 amide bonds. The average molecular weight is 421 g/mol. The molecule has 0 radical (unpaired) electrons. The first-order chi connectivity index (χ1) is 15.2. The minimum atomic E-state index is 0.228. The van der Waals surface area contributed by atoms with Crippen LogP contribution in [0, 0.1) is 17.3 Å². The van der Waals surface area contributed by atoms with Crippen molar-refractivity contribution in [2.75, 3.05) is 13.2 Å². The Morgan fingerprint density at radius 1 is 1.03 bits per heavy atom. The van der Waals surface area contributed by atoms with Crippen molar-refractivity contribution in [3.05, 3.63) is 65.2 Å². The summed E-state index contributed by atoms with van der Waals surface area (Å²) in [6, 6.07) is 17.3. The van der Waals surface area contributed by atoms with Gasteiger partial charge in [-0.15, -0.1) is 0 Å². The van der Waals surface area contributed by atoms with E-state index in [0.29, 0.717) is 30.7 Å². The van der Waals surface area contributed by atoms with Crippen LogP contribution in [-0.4, -0.2) is 24.4 Å². The third kappa shape index (κ3) is 4.03. The van der Waals surface area contributed by atoms with Crippen molar-refractivity contribution in [2.24, 2.45) is 17.3 Å². The zero-order valence-corrected chi connectivity index (χ0v) is 18.8. The third-order valence-corrected chi connectivity index (χ3v) is 8.48. The van der Waals surface area contributed by atoms with E-state index in [0.717, 1.165) is 24.0 Å². The molecule has 3 unspecified atom stereocenters. The van der Waals surface area contributed by atoms with Crippen LogP contribution in [0.3, 0.4) is 0 Å². The van der Waals surface area contributed by atoms with Crippen molar-refractivity contribution in [3.8, 4) is 5.75 Å². The lowest BCUT2D eigenvalue weighted by molar-refractivity contribution is -0.0661. The molecule has 2 aromatic rings. The monoisotopic (exact) mass is 420 g/mol. The van der Waals surface area contributed by atoms with Gasteiger partial charge in [-0.2, -0.15) is 0 Å². The van der Waals surface area contributed by atoms with E-state index < -0.39 is 0 Å². The molecule has 5 rings (SSSR count). The summed E-state index contributed by atoms with van der Waals surface area (Å²) in [6.45, 7) is 4.04. The van der Waals surface area contributed by atoms with Crippen LogP contribution >= 0.6 is 0 Å². The first-order valence-electron chi connectivity index (χ1n) is 12.2. The molecule has 1 N–H and O–H groups in total. The fraction of sp³-hybridized carbons (Fsp3) is 0.571. The van der Waals surface area contributed by atoms with E-state index in [4.69, 9.17) is 14.6 Å². The number of aryl methyl sites for hydroxylation is 1. The van der Waals surface area contributed by atoms with Gasteiger partial charge in [-0.3, -0.25) is 0 Å². The SMILES string of the molecule is C[C@]12CCC3c4ccc(OCc5ccccc5)cc4CCC3C1CC[C@@H]2OCCCO. The second-order valence-electron chi connectivity index (χ2n) is 10.1. The molecule has 2 aromatic carbocycles. The van der Waals surface area contributed by atoms with Crippen LogP contribution in [0.4, 0.5) is 0 Å². The predicted octanol–water partition coefficient (Wildman–Crippen LogP) is 5.89. The van der Waals surface area contributed by atoms with Crippen LogP contribution in [0.25, 0.3) is 0 Å². The predicted molar refractivity (Wildman–Crippen MR) is 123 cm³/mol. The summed E-state index contributed by atoms with van der Waals surface area (Å²) < 4.78 is 12.4. The maximum Gasteiger partial charge on any atom is 0.120 e. The summed E-state index contributed by atoms with van der Waals surface area (Å²) in [5.41, 5.74) is 4.61. The summed E-state index contributed by atoms with van der Waals surface area (Å²) in [6.07, 6.45) is 8.61. The highest BCUT2D eigenvalue weighted by atomic mass is 16.5. The first kappa shape index (κ1) is 21.0. The largest absolute Gasteiger partial charge is 0.489 e. The van der Waals surface area contributed by atoms with E-state index in [-0.39, 0.29) is 6.61 Å². The quantitative estimate of drug-likeness (QED) is 0.568. The zero-order chi connectivity index (χ0) is 21.3. The smallest absolute Gasteiger partial charge is 0.120 e. The molecule has 0 saturated heterocycles. The van der Waals surface area contributed by atoms with Crippen molar-refractivity contribution >= 4 is 0 Å². The van der Waals surface area contributed by atoms with Crippen LogP contribution in [0.1, 0.15) is 68.1 Å². The maximum atomic E-state index is 9.11. The van der Waals surface area contributed by atoms with Crippen molar-refractivity contribution in [3.63, 3.8) is 0 Å². The summed E-state index contributed by atoms with van der Waals surface area (Å²) >= 11 is 0. The fourth-order valence-electron chi connectivity index (χ4n) is 6.91. The van der Waals surface area contributed by atoms with Crippen molar-refractivity contribution in [1.29, 1.82) is 0 Å². The Bertz CT molecular complexity index is 879. The number of fused-ring (bicyclic) bond motifs is 5. The molecule has 0 spiro atoms. The highest BCUT2D eigenvalue weighted by Gasteiger charge is 2.55. The van der Waals surface area contributed by atoms with E-state index in [1.54, 1.807) is 5.56 Å². The normalized spacial score (nSPS) is 31.5. The summed E-state index contributed by atoms with van der Waals surface area (Å²) in [7, 11) is 0. The first-order valence-corrected chi connectivity index (χ1v) is 12.2. The zero-order valence-electron chi connectivity index (χ0n) is 18.8. The van der Waals surface area contributed by atoms with Crippen LogP contribution in [0.15, 0.2) is 48.5 Å². The van der Waals surface area contributed by atoms with Gasteiger partial charge >= 0.3 is 0 Å². The Kier molecular flexibility index (Phi) is 6.08. The van der Waals surface area contributed by atoms with Gasteiger partial charge < -0.3 is 14.6 Å². The van der Waals surface area contributed by atoms with Gasteiger partial charge in [-0.05, 0) is 96.9 Å². The van der Waals surface area contributed by atoms with Gasteiger partial charge in [0.15, 0.2) is 0 Å². The Labute approximate surface area is 186 Å². The Hall–Kier alpha value is -1.84. The molecule has 3 heteroatoms. The van der Waals surface area contributed by atoms with E-state index in [2.05, 4.69) is 49.4 Å². The molecule has 0 bridgehead atoms. The fourth-order valence-corrected chi connectivity index (χ4v) is 6.91. The lowest BCUT2D eigenvalue weighted by atomic mass is 9.55. The van der Waals surface area contributed by atoms with Crippen molar-refractivity contribution < 1.29 is 14.6 Å². The van der Waals surface area contributed by atoms with E-state index in [9.17, 15) is 0 Å². The Morgan fingerprint density at radius 3 is 2.74 bits per heavy atom. The topological polar surface area (TPSA) is 38.7 Å². The summed E-state index contributed by atoms with van der Waals surface area (Å²) in [5.74, 6) is 3.25. The lowest BCUT2D eigenvalue weighted by Crippen LogP contribution is -2.44. The maximum absolute atomic E-state index is 9.11.